The van der Waals surface area contributed by atoms with Crippen molar-refractivity contribution < 1.29 is 14.4 Å². The number of benzene rings is 1. The molecule has 0 aliphatic heterocycles. The van der Waals surface area contributed by atoms with Crippen LogP contribution in [-0.2, 0) is 0 Å². The summed E-state index contributed by atoms with van der Waals surface area (Å²) in [6.07, 6.45) is -0.0871. The van der Waals surface area contributed by atoms with E-state index < -0.39 is 4.92 Å². The standard InChI is InChI=1S/C12H18N2O4/c1-9(8-13(2)3)18-12-7-10(14(15)16)5-6-11(12)17-4/h5-7,9H,8H2,1-4H3. The van der Waals surface area contributed by atoms with Crippen molar-refractivity contribution in [1.29, 1.82) is 0 Å². The van der Waals surface area contributed by atoms with Gasteiger partial charge in [-0.25, -0.2) is 0 Å². The number of methoxy groups -OCH3 is 1. The number of likely N-dealkylation sites (N-methyl/N-ethyl adjacent to an activating group) is 1. The van der Waals surface area contributed by atoms with Crippen molar-refractivity contribution in [2.45, 2.75) is 13.0 Å². The SMILES string of the molecule is COc1ccc([N+](=O)[O-])cc1OC(C)CN(C)C. The molecule has 1 rings (SSSR count). The fourth-order valence-corrected chi connectivity index (χ4v) is 1.64. The van der Waals surface area contributed by atoms with E-state index in [1.165, 1.54) is 25.3 Å². The molecule has 0 bridgehead atoms. The van der Waals surface area contributed by atoms with E-state index in [1.807, 2.05) is 25.9 Å². The van der Waals surface area contributed by atoms with Crippen molar-refractivity contribution in [3.63, 3.8) is 0 Å². The minimum atomic E-state index is -0.455. The van der Waals surface area contributed by atoms with E-state index in [2.05, 4.69) is 0 Å². The first kappa shape index (κ1) is 14.2. The summed E-state index contributed by atoms with van der Waals surface area (Å²) in [6.45, 7) is 2.62. The van der Waals surface area contributed by atoms with E-state index >= 15 is 0 Å². The summed E-state index contributed by atoms with van der Waals surface area (Å²) in [4.78, 5) is 12.2. The fraction of sp³-hybridized carbons (Fsp3) is 0.500. The summed E-state index contributed by atoms with van der Waals surface area (Å²) >= 11 is 0. The van der Waals surface area contributed by atoms with Gasteiger partial charge in [0, 0.05) is 12.6 Å². The normalized spacial score (nSPS) is 12.3. The van der Waals surface area contributed by atoms with E-state index in [9.17, 15) is 10.1 Å². The number of non-ortho nitro benzene ring substituents is 1. The van der Waals surface area contributed by atoms with Gasteiger partial charge in [-0.2, -0.15) is 0 Å². The lowest BCUT2D eigenvalue weighted by Gasteiger charge is -2.19. The Morgan fingerprint density at radius 2 is 2.06 bits per heavy atom. The third-order valence-corrected chi connectivity index (χ3v) is 2.31. The lowest BCUT2D eigenvalue weighted by Crippen LogP contribution is -2.28. The first-order valence-electron chi connectivity index (χ1n) is 5.58. The highest BCUT2D eigenvalue weighted by Gasteiger charge is 2.15. The Morgan fingerprint density at radius 1 is 1.39 bits per heavy atom. The van der Waals surface area contributed by atoms with Crippen LogP contribution in [-0.4, -0.2) is 43.7 Å². The van der Waals surface area contributed by atoms with E-state index in [0.29, 0.717) is 18.0 Å². The molecule has 1 atom stereocenters. The Kier molecular flexibility index (Phi) is 4.91. The second-order valence-electron chi connectivity index (χ2n) is 4.28. The maximum atomic E-state index is 10.7. The second kappa shape index (κ2) is 6.20. The van der Waals surface area contributed by atoms with E-state index in [1.54, 1.807) is 0 Å². The molecule has 0 radical (unpaired) electrons. The molecule has 0 N–H and O–H groups in total. The molecule has 0 amide bonds. The van der Waals surface area contributed by atoms with Gasteiger partial charge in [0.25, 0.3) is 5.69 Å². The summed E-state index contributed by atoms with van der Waals surface area (Å²) in [7, 11) is 5.37. The van der Waals surface area contributed by atoms with Crippen LogP contribution in [0.2, 0.25) is 0 Å². The zero-order chi connectivity index (χ0) is 13.7. The third kappa shape index (κ3) is 3.89. The monoisotopic (exact) mass is 254 g/mol. The van der Waals surface area contributed by atoms with Gasteiger partial charge in [-0.3, -0.25) is 10.1 Å². The molecule has 0 fully saturated rings. The van der Waals surface area contributed by atoms with Gasteiger partial charge in [-0.1, -0.05) is 0 Å². The van der Waals surface area contributed by atoms with Crippen molar-refractivity contribution in [3.8, 4) is 11.5 Å². The molecule has 0 saturated heterocycles. The summed E-state index contributed by atoms with van der Waals surface area (Å²) in [5.74, 6) is 0.882. The van der Waals surface area contributed by atoms with Gasteiger partial charge in [0.15, 0.2) is 11.5 Å². The molecular weight excluding hydrogens is 236 g/mol. The minimum absolute atomic E-state index is 0.0112. The molecule has 6 nitrogen and oxygen atoms in total. The van der Waals surface area contributed by atoms with Crippen LogP contribution >= 0.6 is 0 Å². The van der Waals surface area contributed by atoms with E-state index in [4.69, 9.17) is 9.47 Å². The molecule has 0 saturated carbocycles. The average molecular weight is 254 g/mol. The highest BCUT2D eigenvalue weighted by molar-refractivity contribution is 5.48. The Hall–Kier alpha value is -1.82. The van der Waals surface area contributed by atoms with Crippen LogP contribution < -0.4 is 9.47 Å². The lowest BCUT2D eigenvalue weighted by molar-refractivity contribution is -0.385. The number of rotatable bonds is 6. The largest absolute Gasteiger partial charge is 0.493 e. The maximum absolute atomic E-state index is 10.7. The van der Waals surface area contributed by atoms with Crippen molar-refractivity contribution in [1.82, 2.24) is 4.90 Å². The van der Waals surface area contributed by atoms with Crippen LogP contribution in [0.3, 0.4) is 0 Å². The number of nitro benzene ring substituents is 1. The molecule has 100 valence electrons. The summed E-state index contributed by atoms with van der Waals surface area (Å²) < 4.78 is 10.8. The van der Waals surface area contributed by atoms with Gasteiger partial charge in [0.2, 0.25) is 0 Å². The summed E-state index contributed by atoms with van der Waals surface area (Å²) in [5, 5.41) is 10.7. The maximum Gasteiger partial charge on any atom is 0.273 e. The number of nitro groups is 1. The zero-order valence-corrected chi connectivity index (χ0v) is 11.0. The average Bonchev–Trinajstić information content (AvgIpc) is 2.27. The molecule has 0 aliphatic carbocycles. The highest BCUT2D eigenvalue weighted by atomic mass is 16.6. The lowest BCUT2D eigenvalue weighted by atomic mass is 10.2. The van der Waals surface area contributed by atoms with Crippen LogP contribution in [0.25, 0.3) is 0 Å². The Labute approximate surface area is 106 Å². The van der Waals surface area contributed by atoms with Gasteiger partial charge >= 0.3 is 0 Å². The topological polar surface area (TPSA) is 64.8 Å². The third-order valence-electron chi connectivity index (χ3n) is 2.31. The van der Waals surface area contributed by atoms with Gasteiger partial charge < -0.3 is 14.4 Å². The first-order chi connectivity index (χ1) is 8.43. The van der Waals surface area contributed by atoms with Crippen molar-refractivity contribution in [2.75, 3.05) is 27.7 Å². The molecule has 1 unspecified atom stereocenters. The number of ether oxygens (including phenoxy) is 2. The fourth-order valence-electron chi connectivity index (χ4n) is 1.64. The van der Waals surface area contributed by atoms with Crippen LogP contribution in [0.1, 0.15) is 6.92 Å². The van der Waals surface area contributed by atoms with Gasteiger partial charge in [-0.15, -0.1) is 0 Å². The van der Waals surface area contributed by atoms with Crippen LogP contribution in [0, 0.1) is 10.1 Å². The van der Waals surface area contributed by atoms with Gasteiger partial charge in [-0.05, 0) is 27.1 Å². The van der Waals surface area contributed by atoms with Crippen LogP contribution in [0.4, 0.5) is 5.69 Å². The molecule has 1 aromatic rings. The van der Waals surface area contributed by atoms with Crippen LogP contribution in [0.5, 0.6) is 11.5 Å². The quantitative estimate of drug-likeness (QED) is 0.573. The van der Waals surface area contributed by atoms with Gasteiger partial charge in [0.1, 0.15) is 6.10 Å². The molecule has 6 heteroatoms. The number of hydrogen-bond donors (Lipinski definition) is 0. The van der Waals surface area contributed by atoms with Crippen molar-refractivity contribution in [2.24, 2.45) is 0 Å². The molecule has 0 aromatic heterocycles. The smallest absolute Gasteiger partial charge is 0.273 e. The predicted molar refractivity (Wildman–Crippen MR) is 68.3 cm³/mol. The molecule has 0 spiro atoms. The van der Waals surface area contributed by atoms with Crippen LogP contribution in [0.15, 0.2) is 18.2 Å². The number of hydrogen-bond acceptors (Lipinski definition) is 5. The number of nitrogens with zero attached hydrogens (tertiary/aromatic N) is 2. The molecule has 18 heavy (non-hydrogen) atoms. The Balaban J connectivity index is 2.90. The predicted octanol–water partition coefficient (Wildman–Crippen LogP) is 1.93. The first-order valence-corrected chi connectivity index (χ1v) is 5.58. The molecule has 0 heterocycles. The second-order valence-corrected chi connectivity index (χ2v) is 4.28. The molecular formula is C12H18N2O4. The highest BCUT2D eigenvalue weighted by Crippen LogP contribution is 2.31. The van der Waals surface area contributed by atoms with E-state index in [0.717, 1.165) is 0 Å². The summed E-state index contributed by atoms with van der Waals surface area (Å²) in [6, 6.07) is 4.31. The molecule has 0 aliphatic rings. The minimum Gasteiger partial charge on any atom is -0.493 e. The van der Waals surface area contributed by atoms with Gasteiger partial charge in [0.05, 0.1) is 18.1 Å². The van der Waals surface area contributed by atoms with Crippen molar-refractivity contribution >= 4 is 5.69 Å². The molecule has 1 aromatic carbocycles. The van der Waals surface area contributed by atoms with Crippen molar-refractivity contribution in [3.05, 3.63) is 28.3 Å². The van der Waals surface area contributed by atoms with E-state index in [-0.39, 0.29) is 11.8 Å². The zero-order valence-electron chi connectivity index (χ0n) is 11.0. The Morgan fingerprint density at radius 3 is 2.56 bits per heavy atom. The summed E-state index contributed by atoms with van der Waals surface area (Å²) in [5.41, 5.74) is -0.0112. The Bertz CT molecular complexity index is 421.